The molecule has 0 unspecified atom stereocenters. The standard InChI is InChI=1S/C19H15NO2/c20-19(22)17-10-5-4-9-15(17)16-12-6-11-14(18(16)21)13-7-2-1-3-8-13/h1-12,21H,(H2,20,22). The summed E-state index contributed by atoms with van der Waals surface area (Å²) in [6, 6.07) is 22.1. The van der Waals surface area contributed by atoms with Crippen molar-refractivity contribution in [2.75, 3.05) is 0 Å². The van der Waals surface area contributed by atoms with Gasteiger partial charge in [0.25, 0.3) is 0 Å². The van der Waals surface area contributed by atoms with Crippen molar-refractivity contribution in [2.24, 2.45) is 5.73 Å². The Labute approximate surface area is 128 Å². The van der Waals surface area contributed by atoms with Gasteiger partial charge >= 0.3 is 0 Å². The van der Waals surface area contributed by atoms with Crippen molar-refractivity contribution in [1.29, 1.82) is 0 Å². The van der Waals surface area contributed by atoms with Gasteiger partial charge in [0.15, 0.2) is 0 Å². The third-order valence-electron chi connectivity index (χ3n) is 3.60. The summed E-state index contributed by atoms with van der Waals surface area (Å²) in [4.78, 5) is 11.6. The van der Waals surface area contributed by atoms with Gasteiger partial charge in [-0.3, -0.25) is 4.79 Å². The summed E-state index contributed by atoms with van der Waals surface area (Å²) in [6.07, 6.45) is 0. The zero-order valence-corrected chi connectivity index (χ0v) is 11.9. The predicted molar refractivity (Wildman–Crippen MR) is 87.5 cm³/mol. The van der Waals surface area contributed by atoms with Crippen molar-refractivity contribution >= 4 is 5.91 Å². The molecule has 3 rings (SSSR count). The summed E-state index contributed by atoms with van der Waals surface area (Å²) in [5, 5.41) is 10.6. The van der Waals surface area contributed by atoms with Crippen molar-refractivity contribution in [2.45, 2.75) is 0 Å². The lowest BCUT2D eigenvalue weighted by atomic mass is 9.94. The minimum Gasteiger partial charge on any atom is -0.507 e. The number of carbonyl (C=O) groups is 1. The van der Waals surface area contributed by atoms with Crippen LogP contribution >= 0.6 is 0 Å². The van der Waals surface area contributed by atoms with Crippen LogP contribution in [0, 0.1) is 0 Å². The first-order valence-electron chi connectivity index (χ1n) is 6.95. The summed E-state index contributed by atoms with van der Waals surface area (Å²) in [6.45, 7) is 0. The van der Waals surface area contributed by atoms with Crippen LogP contribution in [0.2, 0.25) is 0 Å². The monoisotopic (exact) mass is 289 g/mol. The van der Waals surface area contributed by atoms with Crippen LogP contribution in [0.3, 0.4) is 0 Å². The molecule has 3 heteroatoms. The second-order valence-electron chi connectivity index (χ2n) is 4.98. The Balaban J connectivity index is 2.20. The molecule has 3 N–H and O–H groups in total. The molecule has 0 radical (unpaired) electrons. The average Bonchev–Trinajstić information content (AvgIpc) is 2.56. The number of benzene rings is 3. The fourth-order valence-electron chi connectivity index (χ4n) is 2.54. The van der Waals surface area contributed by atoms with E-state index in [1.54, 1.807) is 24.3 Å². The lowest BCUT2D eigenvalue weighted by Crippen LogP contribution is -2.12. The third-order valence-corrected chi connectivity index (χ3v) is 3.60. The number of para-hydroxylation sites is 1. The largest absolute Gasteiger partial charge is 0.507 e. The Kier molecular flexibility index (Phi) is 3.62. The molecule has 3 nitrogen and oxygen atoms in total. The van der Waals surface area contributed by atoms with Gasteiger partial charge in [-0.25, -0.2) is 0 Å². The van der Waals surface area contributed by atoms with E-state index >= 15 is 0 Å². The van der Waals surface area contributed by atoms with Gasteiger partial charge in [-0.05, 0) is 17.2 Å². The number of carbonyl (C=O) groups excluding carboxylic acids is 1. The zero-order valence-electron chi connectivity index (χ0n) is 11.9. The van der Waals surface area contributed by atoms with E-state index in [1.165, 1.54) is 0 Å². The SMILES string of the molecule is NC(=O)c1ccccc1-c1cccc(-c2ccccc2)c1O. The van der Waals surface area contributed by atoms with Crippen LogP contribution in [-0.2, 0) is 0 Å². The minimum atomic E-state index is -0.514. The molecular formula is C19H15NO2. The molecule has 0 aromatic heterocycles. The van der Waals surface area contributed by atoms with Gasteiger partial charge in [0, 0.05) is 16.7 Å². The van der Waals surface area contributed by atoms with Gasteiger partial charge in [-0.15, -0.1) is 0 Å². The molecule has 3 aromatic carbocycles. The van der Waals surface area contributed by atoms with E-state index in [9.17, 15) is 9.90 Å². The minimum absolute atomic E-state index is 0.141. The summed E-state index contributed by atoms with van der Waals surface area (Å²) in [5.74, 6) is -0.373. The summed E-state index contributed by atoms with van der Waals surface area (Å²) >= 11 is 0. The number of hydrogen-bond donors (Lipinski definition) is 2. The number of phenolic OH excluding ortho intramolecular Hbond substituents is 1. The predicted octanol–water partition coefficient (Wildman–Crippen LogP) is 3.83. The first-order chi connectivity index (χ1) is 10.7. The highest BCUT2D eigenvalue weighted by atomic mass is 16.3. The van der Waals surface area contributed by atoms with Crippen molar-refractivity contribution in [3.8, 4) is 28.0 Å². The van der Waals surface area contributed by atoms with Gasteiger partial charge in [-0.1, -0.05) is 66.7 Å². The van der Waals surface area contributed by atoms with Gasteiger partial charge in [0.05, 0.1) is 0 Å². The number of aromatic hydroxyl groups is 1. The molecule has 3 aromatic rings. The Morgan fingerprint density at radius 1 is 0.727 bits per heavy atom. The fourth-order valence-corrected chi connectivity index (χ4v) is 2.54. The molecule has 0 bridgehead atoms. The van der Waals surface area contributed by atoms with Crippen LogP contribution < -0.4 is 5.73 Å². The van der Waals surface area contributed by atoms with E-state index < -0.39 is 5.91 Å². The number of primary amides is 1. The molecule has 0 atom stereocenters. The molecule has 0 fully saturated rings. The van der Waals surface area contributed by atoms with Crippen LogP contribution in [0.5, 0.6) is 5.75 Å². The third kappa shape index (κ3) is 2.44. The summed E-state index contributed by atoms with van der Waals surface area (Å²) < 4.78 is 0. The zero-order chi connectivity index (χ0) is 15.5. The molecule has 22 heavy (non-hydrogen) atoms. The van der Waals surface area contributed by atoms with Gasteiger partial charge in [-0.2, -0.15) is 0 Å². The van der Waals surface area contributed by atoms with Gasteiger partial charge in [0.2, 0.25) is 5.91 Å². The quantitative estimate of drug-likeness (QED) is 0.769. The van der Waals surface area contributed by atoms with Crippen molar-refractivity contribution in [1.82, 2.24) is 0 Å². The second kappa shape index (κ2) is 5.74. The molecule has 0 heterocycles. The van der Waals surface area contributed by atoms with Gasteiger partial charge < -0.3 is 10.8 Å². The van der Waals surface area contributed by atoms with E-state index in [4.69, 9.17) is 5.73 Å². The molecule has 0 saturated carbocycles. The maximum absolute atomic E-state index is 11.6. The topological polar surface area (TPSA) is 63.3 Å². The van der Waals surface area contributed by atoms with E-state index in [0.29, 0.717) is 16.7 Å². The summed E-state index contributed by atoms with van der Waals surface area (Å²) in [7, 11) is 0. The maximum Gasteiger partial charge on any atom is 0.249 e. The number of hydrogen-bond acceptors (Lipinski definition) is 2. The van der Waals surface area contributed by atoms with E-state index in [2.05, 4.69) is 0 Å². The molecule has 1 amide bonds. The number of rotatable bonds is 3. The van der Waals surface area contributed by atoms with Crippen LogP contribution in [0.1, 0.15) is 10.4 Å². The van der Waals surface area contributed by atoms with Crippen molar-refractivity contribution in [3.05, 3.63) is 78.4 Å². The summed E-state index contributed by atoms with van der Waals surface area (Å²) in [5.41, 5.74) is 8.68. The van der Waals surface area contributed by atoms with Crippen molar-refractivity contribution < 1.29 is 9.90 Å². The Bertz CT molecular complexity index is 826. The van der Waals surface area contributed by atoms with E-state index in [0.717, 1.165) is 11.1 Å². The molecule has 0 spiro atoms. The normalized spacial score (nSPS) is 10.4. The van der Waals surface area contributed by atoms with Gasteiger partial charge in [0.1, 0.15) is 5.75 Å². The van der Waals surface area contributed by atoms with Crippen LogP contribution in [0.25, 0.3) is 22.3 Å². The highest BCUT2D eigenvalue weighted by Gasteiger charge is 2.15. The first kappa shape index (κ1) is 13.9. The fraction of sp³-hybridized carbons (Fsp3) is 0. The number of nitrogens with two attached hydrogens (primary N) is 1. The smallest absolute Gasteiger partial charge is 0.249 e. The average molecular weight is 289 g/mol. The Morgan fingerprint density at radius 3 is 2.05 bits per heavy atom. The van der Waals surface area contributed by atoms with Crippen LogP contribution in [0.4, 0.5) is 0 Å². The highest BCUT2D eigenvalue weighted by Crippen LogP contribution is 2.38. The molecular weight excluding hydrogens is 274 g/mol. The number of amides is 1. The molecule has 0 saturated heterocycles. The maximum atomic E-state index is 11.6. The van der Waals surface area contributed by atoms with E-state index in [-0.39, 0.29) is 5.75 Å². The second-order valence-corrected chi connectivity index (χ2v) is 4.98. The lowest BCUT2D eigenvalue weighted by Gasteiger charge is -2.12. The first-order valence-corrected chi connectivity index (χ1v) is 6.95. The Morgan fingerprint density at radius 2 is 1.32 bits per heavy atom. The lowest BCUT2D eigenvalue weighted by molar-refractivity contribution is 0.100. The molecule has 0 aliphatic heterocycles. The number of phenols is 1. The molecule has 108 valence electrons. The van der Waals surface area contributed by atoms with E-state index in [1.807, 2.05) is 48.5 Å². The van der Waals surface area contributed by atoms with Crippen molar-refractivity contribution in [3.63, 3.8) is 0 Å². The molecule has 0 aliphatic carbocycles. The van der Waals surface area contributed by atoms with Crippen LogP contribution in [-0.4, -0.2) is 11.0 Å². The Hall–Kier alpha value is -3.07. The molecule has 0 aliphatic rings. The van der Waals surface area contributed by atoms with Crippen LogP contribution in [0.15, 0.2) is 72.8 Å². The highest BCUT2D eigenvalue weighted by molar-refractivity contribution is 6.01.